The third kappa shape index (κ3) is 4.00. The van der Waals surface area contributed by atoms with Crippen molar-refractivity contribution in [2.24, 2.45) is 0 Å². The Morgan fingerprint density at radius 1 is 1.32 bits per heavy atom. The smallest absolute Gasteiger partial charge is 0.376 e. The number of rotatable bonds is 5. The standard InChI is InChI=1S/C14H21F3N4O/c1-4-21(9-10-6-5-7-22-10)13-18-11(14(15,16)17)8-12(19-13)20(2)3/h8,10H,4-7,9H2,1-3H3. The molecule has 1 aliphatic rings. The van der Waals surface area contributed by atoms with E-state index in [1.807, 2.05) is 6.92 Å². The summed E-state index contributed by atoms with van der Waals surface area (Å²) < 4.78 is 44.6. The highest BCUT2D eigenvalue weighted by Gasteiger charge is 2.34. The molecule has 22 heavy (non-hydrogen) atoms. The quantitative estimate of drug-likeness (QED) is 0.834. The van der Waals surface area contributed by atoms with Crippen molar-refractivity contribution < 1.29 is 17.9 Å². The van der Waals surface area contributed by atoms with E-state index < -0.39 is 11.9 Å². The maximum Gasteiger partial charge on any atom is 0.433 e. The molecule has 8 heteroatoms. The molecular weight excluding hydrogens is 297 g/mol. The van der Waals surface area contributed by atoms with Crippen LogP contribution in [0.1, 0.15) is 25.5 Å². The number of nitrogens with zero attached hydrogens (tertiary/aromatic N) is 4. The van der Waals surface area contributed by atoms with Crippen molar-refractivity contribution in [2.45, 2.75) is 32.0 Å². The fourth-order valence-electron chi connectivity index (χ4n) is 2.32. The predicted octanol–water partition coefficient (Wildman–Crippen LogP) is 2.57. The normalized spacial score (nSPS) is 18.5. The molecule has 5 nitrogen and oxygen atoms in total. The molecule has 0 radical (unpaired) electrons. The van der Waals surface area contributed by atoms with Gasteiger partial charge < -0.3 is 14.5 Å². The molecule has 0 saturated carbocycles. The molecule has 1 fully saturated rings. The summed E-state index contributed by atoms with van der Waals surface area (Å²) in [4.78, 5) is 11.2. The van der Waals surface area contributed by atoms with Gasteiger partial charge in [0.15, 0.2) is 5.69 Å². The van der Waals surface area contributed by atoms with Crippen molar-refractivity contribution in [3.8, 4) is 0 Å². The summed E-state index contributed by atoms with van der Waals surface area (Å²) in [5.74, 6) is 0.333. The number of alkyl halides is 3. The second kappa shape index (κ2) is 6.68. The Bertz CT molecular complexity index is 501. The van der Waals surface area contributed by atoms with Gasteiger partial charge in [0.25, 0.3) is 0 Å². The number of aromatic nitrogens is 2. The van der Waals surface area contributed by atoms with Gasteiger partial charge in [0.2, 0.25) is 5.95 Å². The number of hydrogen-bond donors (Lipinski definition) is 0. The van der Waals surface area contributed by atoms with Crippen molar-refractivity contribution in [1.29, 1.82) is 0 Å². The first-order valence-electron chi connectivity index (χ1n) is 7.31. The second-order valence-corrected chi connectivity index (χ2v) is 5.48. The third-order valence-corrected chi connectivity index (χ3v) is 3.56. The van der Waals surface area contributed by atoms with Gasteiger partial charge >= 0.3 is 6.18 Å². The molecule has 1 aliphatic heterocycles. The van der Waals surface area contributed by atoms with Crippen LogP contribution in [-0.2, 0) is 10.9 Å². The van der Waals surface area contributed by atoms with E-state index in [0.29, 0.717) is 19.7 Å². The summed E-state index contributed by atoms with van der Waals surface area (Å²) in [7, 11) is 3.31. The van der Waals surface area contributed by atoms with E-state index in [9.17, 15) is 13.2 Å². The summed E-state index contributed by atoms with van der Waals surface area (Å²) in [6.07, 6.45) is -2.57. The summed E-state index contributed by atoms with van der Waals surface area (Å²) in [5.41, 5.74) is -0.924. The fraction of sp³-hybridized carbons (Fsp3) is 0.714. The van der Waals surface area contributed by atoms with E-state index in [2.05, 4.69) is 9.97 Å². The first-order valence-corrected chi connectivity index (χ1v) is 7.31. The average molecular weight is 318 g/mol. The van der Waals surface area contributed by atoms with Crippen LogP contribution < -0.4 is 9.80 Å². The van der Waals surface area contributed by atoms with Gasteiger partial charge in [-0.15, -0.1) is 0 Å². The Balaban J connectivity index is 2.31. The van der Waals surface area contributed by atoms with E-state index in [1.54, 1.807) is 23.9 Å². The van der Waals surface area contributed by atoms with E-state index in [0.717, 1.165) is 18.9 Å². The molecule has 0 aliphatic carbocycles. The highest BCUT2D eigenvalue weighted by atomic mass is 19.4. The lowest BCUT2D eigenvalue weighted by Gasteiger charge is -2.25. The molecule has 2 heterocycles. The minimum absolute atomic E-state index is 0.0286. The average Bonchev–Trinajstić information content (AvgIpc) is 2.96. The van der Waals surface area contributed by atoms with Gasteiger partial charge in [-0.3, -0.25) is 0 Å². The maximum atomic E-state index is 13.0. The summed E-state index contributed by atoms with van der Waals surface area (Å²) >= 11 is 0. The third-order valence-electron chi connectivity index (χ3n) is 3.56. The molecule has 0 spiro atoms. The summed E-state index contributed by atoms with van der Waals surface area (Å²) in [5, 5.41) is 0. The Kier molecular flexibility index (Phi) is 5.10. The molecule has 0 N–H and O–H groups in total. The lowest BCUT2D eigenvalue weighted by atomic mass is 10.2. The van der Waals surface area contributed by atoms with Crippen LogP contribution in [0.2, 0.25) is 0 Å². The number of halogens is 3. The van der Waals surface area contributed by atoms with Crippen molar-refractivity contribution in [2.75, 3.05) is 43.6 Å². The molecule has 1 saturated heterocycles. The SMILES string of the molecule is CCN(CC1CCCO1)c1nc(N(C)C)cc(C(F)(F)F)n1. The molecule has 0 aromatic carbocycles. The highest BCUT2D eigenvalue weighted by Crippen LogP contribution is 2.31. The molecule has 1 unspecified atom stereocenters. The largest absolute Gasteiger partial charge is 0.433 e. The summed E-state index contributed by atoms with van der Waals surface area (Å²) in [6, 6.07) is 0.962. The number of hydrogen-bond acceptors (Lipinski definition) is 5. The fourth-order valence-corrected chi connectivity index (χ4v) is 2.32. The van der Waals surface area contributed by atoms with Gasteiger partial charge in [-0.05, 0) is 19.8 Å². The first-order chi connectivity index (χ1) is 10.3. The number of ether oxygens (including phenoxy) is 1. The van der Waals surface area contributed by atoms with Gasteiger partial charge in [0.1, 0.15) is 5.82 Å². The van der Waals surface area contributed by atoms with Crippen molar-refractivity contribution >= 4 is 11.8 Å². The van der Waals surface area contributed by atoms with Crippen LogP contribution in [0.4, 0.5) is 24.9 Å². The molecule has 124 valence electrons. The first kappa shape index (κ1) is 16.8. The van der Waals surface area contributed by atoms with Crippen molar-refractivity contribution in [3.63, 3.8) is 0 Å². The Hall–Kier alpha value is -1.57. The van der Waals surface area contributed by atoms with Gasteiger partial charge in [-0.1, -0.05) is 0 Å². The number of anilines is 2. The molecule has 2 rings (SSSR count). The molecule has 1 atom stereocenters. The van der Waals surface area contributed by atoms with E-state index in [-0.39, 0.29) is 17.9 Å². The monoisotopic (exact) mass is 318 g/mol. The van der Waals surface area contributed by atoms with Crippen LogP contribution in [0.5, 0.6) is 0 Å². The van der Waals surface area contributed by atoms with Crippen LogP contribution in [0, 0.1) is 0 Å². The zero-order valence-electron chi connectivity index (χ0n) is 13.0. The summed E-state index contributed by atoms with van der Waals surface area (Å²) in [6.45, 7) is 3.60. The predicted molar refractivity (Wildman–Crippen MR) is 78.2 cm³/mol. The minimum Gasteiger partial charge on any atom is -0.376 e. The maximum absolute atomic E-state index is 13.0. The van der Waals surface area contributed by atoms with Crippen molar-refractivity contribution in [3.05, 3.63) is 11.8 Å². The second-order valence-electron chi connectivity index (χ2n) is 5.48. The number of likely N-dealkylation sites (N-methyl/N-ethyl adjacent to an activating group) is 1. The lowest BCUT2D eigenvalue weighted by Crippen LogP contribution is -2.34. The van der Waals surface area contributed by atoms with E-state index in [4.69, 9.17) is 4.74 Å². The van der Waals surface area contributed by atoms with Crippen LogP contribution in [0.25, 0.3) is 0 Å². The molecule has 0 amide bonds. The van der Waals surface area contributed by atoms with Crippen molar-refractivity contribution in [1.82, 2.24) is 9.97 Å². The van der Waals surface area contributed by atoms with Gasteiger partial charge in [-0.2, -0.15) is 18.2 Å². The van der Waals surface area contributed by atoms with Crippen LogP contribution in [0.15, 0.2) is 6.07 Å². The van der Waals surface area contributed by atoms with E-state index >= 15 is 0 Å². The minimum atomic E-state index is -4.49. The Morgan fingerprint density at radius 2 is 2.05 bits per heavy atom. The molecule has 1 aromatic heterocycles. The molecule has 0 bridgehead atoms. The Morgan fingerprint density at radius 3 is 2.55 bits per heavy atom. The van der Waals surface area contributed by atoms with Gasteiger partial charge in [0.05, 0.1) is 6.10 Å². The Labute approximate surface area is 128 Å². The van der Waals surface area contributed by atoms with Crippen LogP contribution >= 0.6 is 0 Å². The zero-order chi connectivity index (χ0) is 16.3. The lowest BCUT2D eigenvalue weighted by molar-refractivity contribution is -0.141. The zero-order valence-corrected chi connectivity index (χ0v) is 13.0. The van der Waals surface area contributed by atoms with Gasteiger partial charge in [-0.25, -0.2) is 4.98 Å². The van der Waals surface area contributed by atoms with Crippen LogP contribution in [-0.4, -0.2) is 49.9 Å². The topological polar surface area (TPSA) is 41.5 Å². The molecular formula is C14H21F3N4O. The van der Waals surface area contributed by atoms with Crippen LogP contribution in [0.3, 0.4) is 0 Å². The molecule has 1 aromatic rings. The van der Waals surface area contributed by atoms with Gasteiger partial charge in [0, 0.05) is 39.9 Å². The van der Waals surface area contributed by atoms with E-state index in [1.165, 1.54) is 0 Å². The highest BCUT2D eigenvalue weighted by molar-refractivity contribution is 5.45.